The summed E-state index contributed by atoms with van der Waals surface area (Å²) in [6, 6.07) is 7.01. The van der Waals surface area contributed by atoms with Crippen LogP contribution in [0.3, 0.4) is 0 Å². The van der Waals surface area contributed by atoms with E-state index in [-0.39, 0.29) is 43.1 Å². The lowest BCUT2D eigenvalue weighted by atomic mass is 9.82. The first-order valence-electron chi connectivity index (χ1n) is 19.6. The third-order valence-electron chi connectivity index (χ3n) is 10.7. The molecule has 2 saturated carbocycles. The quantitative estimate of drug-likeness (QED) is 0.137. The van der Waals surface area contributed by atoms with E-state index >= 15 is 0 Å². The van der Waals surface area contributed by atoms with Gasteiger partial charge < -0.3 is 35.9 Å². The van der Waals surface area contributed by atoms with Gasteiger partial charge in [-0.3, -0.25) is 24.0 Å². The Labute approximate surface area is 326 Å². The minimum absolute atomic E-state index is 0.0119. The van der Waals surface area contributed by atoms with Crippen LogP contribution in [0.5, 0.6) is 5.88 Å². The Hall–Kier alpha value is -4.72. The number of hydrogen-bond donors (Lipinski definition) is 5. The first-order valence-corrected chi connectivity index (χ1v) is 19.9. The second-order valence-corrected chi connectivity index (χ2v) is 16.6. The number of benzene rings is 1. The highest BCUT2D eigenvalue weighted by atomic mass is 35.5. The Morgan fingerprint density at radius 3 is 2.40 bits per heavy atom. The minimum atomic E-state index is -1.07. The second kappa shape index (κ2) is 17.4. The molecule has 14 nitrogen and oxygen atoms in total. The maximum absolute atomic E-state index is 14.8. The van der Waals surface area contributed by atoms with Crippen molar-refractivity contribution in [3.8, 4) is 5.88 Å². The third kappa shape index (κ3) is 10.1. The van der Waals surface area contributed by atoms with E-state index < -0.39 is 59.2 Å². The van der Waals surface area contributed by atoms with Crippen LogP contribution in [-0.2, 0) is 24.0 Å². The van der Waals surface area contributed by atoms with Crippen molar-refractivity contribution < 1.29 is 28.7 Å². The monoisotopic (exact) mass is 776 g/mol. The van der Waals surface area contributed by atoms with Crippen molar-refractivity contribution in [2.24, 2.45) is 11.3 Å². The highest BCUT2D eigenvalue weighted by Crippen LogP contribution is 2.31. The summed E-state index contributed by atoms with van der Waals surface area (Å²) in [5.41, 5.74) is 0.833. The summed E-state index contributed by atoms with van der Waals surface area (Å²) in [5, 5.41) is 12.4. The number of amides is 4. The molecular weight excluding hydrogens is 724 g/mol. The van der Waals surface area contributed by atoms with Crippen LogP contribution in [0.15, 0.2) is 42.6 Å². The number of fused-ring (bicyclic) bond motifs is 1. The number of likely N-dealkylation sites (tertiary alicyclic amines) is 1. The van der Waals surface area contributed by atoms with Gasteiger partial charge in [0.25, 0.3) is 5.91 Å². The molecule has 3 fully saturated rings. The zero-order valence-corrected chi connectivity index (χ0v) is 32.8. The SMILES string of the molecule is CCC[C@H](NC(=O)[C@@H]1C[C@@H](Oc2ccc(Cl)cn2)CN1C(=O)[C@@H](NC(=O)[C@@H](Nc1nc2ccccc2[nH]1)C1CCCCC1)C(C)(C)C)C(=O)C(=O)NC1CC1. The van der Waals surface area contributed by atoms with E-state index in [2.05, 4.69) is 36.2 Å². The van der Waals surface area contributed by atoms with E-state index in [0.29, 0.717) is 17.4 Å². The van der Waals surface area contributed by atoms with Gasteiger partial charge in [0.15, 0.2) is 0 Å². The number of ketones is 1. The molecule has 55 heavy (non-hydrogen) atoms. The van der Waals surface area contributed by atoms with E-state index in [9.17, 15) is 24.0 Å². The lowest BCUT2D eigenvalue weighted by Gasteiger charge is -2.37. The number of carbonyl (C=O) groups excluding carboxylic acids is 5. The average molecular weight is 777 g/mol. The predicted molar refractivity (Wildman–Crippen MR) is 208 cm³/mol. The largest absolute Gasteiger partial charge is 0.472 e. The number of aromatic amines is 1. The van der Waals surface area contributed by atoms with Crippen molar-refractivity contribution in [2.75, 3.05) is 11.9 Å². The summed E-state index contributed by atoms with van der Waals surface area (Å²) in [6.45, 7) is 7.47. The number of H-pyrrole nitrogens is 1. The summed E-state index contributed by atoms with van der Waals surface area (Å²) in [7, 11) is 0. The standard InChI is InChI=1S/C40H53ClN8O6/c1-5-11-29(33(50)37(53)43-25-17-18-25)44-35(51)30-20-26(55-31-19-16-24(41)21-42-31)22-49(30)38(54)34(40(2,3)4)48-36(52)32(23-12-7-6-8-13-23)47-39-45-27-14-9-10-15-28(27)46-39/h9-10,14-16,19,21,23,25-26,29-30,32,34H,5-8,11-13,17-18,20,22H2,1-4H3,(H,43,53)(H,44,51)(H,48,52)(H2,45,46,47)/t26-,29+,30+,32+,34-/m1/s1. The summed E-state index contributed by atoms with van der Waals surface area (Å²) in [5.74, 6) is -2.08. The number of halogens is 1. The Balaban J connectivity index is 1.25. The average Bonchev–Trinajstić information content (AvgIpc) is 3.72. The van der Waals surface area contributed by atoms with E-state index in [1.807, 2.05) is 52.0 Å². The fourth-order valence-corrected chi connectivity index (χ4v) is 7.64. The molecule has 4 amide bonds. The van der Waals surface area contributed by atoms with Crippen molar-refractivity contribution in [3.05, 3.63) is 47.6 Å². The molecule has 296 valence electrons. The number of pyridine rings is 1. The predicted octanol–water partition coefficient (Wildman–Crippen LogP) is 4.68. The Bertz CT molecular complexity index is 1820. The van der Waals surface area contributed by atoms with E-state index in [4.69, 9.17) is 16.3 Å². The van der Waals surface area contributed by atoms with Crippen LogP contribution in [0.4, 0.5) is 5.95 Å². The van der Waals surface area contributed by atoms with Gasteiger partial charge >= 0.3 is 0 Å². The van der Waals surface area contributed by atoms with Gasteiger partial charge in [0.1, 0.15) is 24.2 Å². The Morgan fingerprint density at radius 2 is 1.75 bits per heavy atom. The maximum Gasteiger partial charge on any atom is 0.289 e. The molecule has 1 aromatic carbocycles. The van der Waals surface area contributed by atoms with Gasteiger partial charge in [-0.15, -0.1) is 0 Å². The number of para-hydroxylation sites is 2. The van der Waals surface area contributed by atoms with E-state index in [0.717, 1.165) is 56.0 Å². The molecule has 1 saturated heterocycles. The first-order chi connectivity index (χ1) is 26.3. The molecule has 3 heterocycles. The van der Waals surface area contributed by atoms with Crippen molar-refractivity contribution in [2.45, 2.75) is 128 Å². The second-order valence-electron chi connectivity index (χ2n) is 16.2. The fourth-order valence-electron chi connectivity index (χ4n) is 7.53. The zero-order chi connectivity index (χ0) is 39.3. The van der Waals surface area contributed by atoms with Crippen LogP contribution in [-0.4, -0.2) is 92.1 Å². The van der Waals surface area contributed by atoms with Gasteiger partial charge in [-0.25, -0.2) is 9.97 Å². The summed E-state index contributed by atoms with van der Waals surface area (Å²) in [6.07, 6.45) is 8.10. The van der Waals surface area contributed by atoms with Crippen LogP contribution in [0, 0.1) is 11.3 Å². The van der Waals surface area contributed by atoms with Crippen molar-refractivity contribution in [1.82, 2.24) is 35.8 Å². The molecule has 2 aliphatic carbocycles. The highest BCUT2D eigenvalue weighted by molar-refractivity contribution is 6.38. The zero-order valence-electron chi connectivity index (χ0n) is 32.0. The molecule has 1 aliphatic heterocycles. The first kappa shape index (κ1) is 40.0. The number of rotatable bonds is 15. The van der Waals surface area contributed by atoms with Crippen LogP contribution in [0.1, 0.15) is 91.9 Å². The molecule has 0 unspecified atom stereocenters. The maximum atomic E-state index is 14.8. The smallest absolute Gasteiger partial charge is 0.289 e. The van der Waals surface area contributed by atoms with Crippen molar-refractivity contribution in [3.63, 3.8) is 0 Å². The topological polar surface area (TPSA) is 188 Å². The van der Waals surface area contributed by atoms with E-state index in [1.54, 1.807) is 12.1 Å². The Kier molecular flexibility index (Phi) is 12.6. The molecule has 3 aromatic rings. The molecule has 3 aliphatic rings. The van der Waals surface area contributed by atoms with E-state index in [1.165, 1.54) is 11.1 Å². The molecule has 0 bridgehead atoms. The van der Waals surface area contributed by atoms with Crippen molar-refractivity contribution >= 4 is 58.0 Å². The molecule has 15 heteroatoms. The molecule has 5 atom stereocenters. The molecule has 5 N–H and O–H groups in total. The summed E-state index contributed by atoms with van der Waals surface area (Å²) >= 11 is 6.04. The number of imidazole rings is 1. The van der Waals surface area contributed by atoms with Crippen LogP contribution >= 0.6 is 11.6 Å². The van der Waals surface area contributed by atoms with Gasteiger partial charge in [0.05, 0.1) is 28.6 Å². The van der Waals surface area contributed by atoms with Crippen LogP contribution < -0.4 is 26.0 Å². The molecular formula is C40H53ClN8O6. The number of carbonyl (C=O) groups is 5. The lowest BCUT2D eigenvalue weighted by Crippen LogP contribution is -2.61. The fraction of sp³-hybridized carbons (Fsp3) is 0.575. The number of aromatic nitrogens is 3. The summed E-state index contributed by atoms with van der Waals surface area (Å²) in [4.78, 5) is 83.0. The highest BCUT2D eigenvalue weighted by Gasteiger charge is 2.47. The number of nitrogens with one attached hydrogen (secondary N) is 5. The number of hydrogen-bond acceptors (Lipinski definition) is 9. The third-order valence-corrected chi connectivity index (χ3v) is 10.9. The minimum Gasteiger partial charge on any atom is -0.472 e. The number of ether oxygens (including phenoxy) is 1. The molecule has 2 aromatic heterocycles. The lowest BCUT2D eigenvalue weighted by molar-refractivity contribution is -0.145. The molecule has 0 spiro atoms. The number of nitrogens with zero attached hydrogens (tertiary/aromatic N) is 3. The summed E-state index contributed by atoms with van der Waals surface area (Å²) < 4.78 is 6.15. The number of Topliss-reactive ketones (excluding diaryl/α,β-unsaturated/α-hetero) is 1. The van der Waals surface area contributed by atoms with Crippen LogP contribution in [0.25, 0.3) is 11.0 Å². The van der Waals surface area contributed by atoms with Gasteiger partial charge in [0.2, 0.25) is 35.3 Å². The van der Waals surface area contributed by atoms with Crippen LogP contribution in [0.2, 0.25) is 5.02 Å². The van der Waals surface area contributed by atoms with Crippen molar-refractivity contribution in [1.29, 1.82) is 0 Å². The van der Waals surface area contributed by atoms with Gasteiger partial charge in [0, 0.05) is 24.7 Å². The number of anilines is 1. The van der Waals surface area contributed by atoms with Gasteiger partial charge in [-0.2, -0.15) is 0 Å². The normalized spacial score (nSPS) is 20.6. The van der Waals surface area contributed by atoms with Gasteiger partial charge in [-0.1, -0.05) is 77.1 Å². The van der Waals surface area contributed by atoms with Gasteiger partial charge in [-0.05, 0) is 61.6 Å². The molecule has 0 radical (unpaired) electrons. The Morgan fingerprint density at radius 1 is 1.00 bits per heavy atom. The molecule has 6 rings (SSSR count).